The van der Waals surface area contributed by atoms with Gasteiger partial charge in [0.2, 0.25) is 0 Å². The van der Waals surface area contributed by atoms with Gasteiger partial charge in [-0.15, -0.1) is 0 Å². The lowest BCUT2D eigenvalue weighted by molar-refractivity contribution is -0.151. The van der Waals surface area contributed by atoms with E-state index in [1.54, 1.807) is 7.11 Å². The Morgan fingerprint density at radius 2 is 1.79 bits per heavy atom. The predicted octanol–water partition coefficient (Wildman–Crippen LogP) is 5.91. The van der Waals surface area contributed by atoms with E-state index in [0.29, 0.717) is 12.2 Å². The Kier molecular flexibility index (Phi) is 6.00. The third-order valence-electron chi connectivity index (χ3n) is 7.04. The molecular weight excluding hydrogens is 416 g/mol. The normalized spacial score (nSPS) is 18.4. The molecule has 0 bridgehead atoms. The van der Waals surface area contributed by atoms with Crippen LogP contribution in [0.25, 0.3) is 10.8 Å². The van der Waals surface area contributed by atoms with Crippen molar-refractivity contribution in [1.29, 1.82) is 0 Å². The molecule has 1 aliphatic rings. The number of rotatable bonds is 5. The second-order valence-corrected chi connectivity index (χ2v) is 9.39. The van der Waals surface area contributed by atoms with Gasteiger partial charge in [0.1, 0.15) is 29.5 Å². The maximum absolute atomic E-state index is 12.9. The maximum Gasteiger partial charge on any atom is 0.313 e. The van der Waals surface area contributed by atoms with E-state index in [0.717, 1.165) is 56.5 Å². The zero-order chi connectivity index (χ0) is 23.9. The smallest absolute Gasteiger partial charge is 0.313 e. The van der Waals surface area contributed by atoms with E-state index in [2.05, 4.69) is 0 Å². The van der Waals surface area contributed by atoms with Crippen LogP contribution in [-0.4, -0.2) is 30.4 Å². The van der Waals surface area contributed by atoms with Crippen LogP contribution in [0.3, 0.4) is 0 Å². The number of fused-ring (bicyclic) bond motifs is 2. The Morgan fingerprint density at radius 1 is 1.09 bits per heavy atom. The van der Waals surface area contributed by atoms with Crippen molar-refractivity contribution in [2.45, 2.75) is 59.0 Å². The number of hydrogen-bond donors (Lipinski definition) is 1. The molecule has 5 nitrogen and oxygen atoms in total. The average molecular weight is 449 g/mol. The molecule has 0 spiro atoms. The average Bonchev–Trinajstić information content (AvgIpc) is 2.83. The highest BCUT2D eigenvalue weighted by Crippen LogP contribution is 2.43. The fraction of sp³-hybridized carbons (Fsp3) is 0.393. The molecule has 1 aliphatic heterocycles. The van der Waals surface area contributed by atoms with Gasteiger partial charge in [-0.2, -0.15) is 0 Å². The first kappa shape index (κ1) is 23.0. The van der Waals surface area contributed by atoms with Crippen LogP contribution in [-0.2, 0) is 16.0 Å². The van der Waals surface area contributed by atoms with E-state index < -0.39 is 5.60 Å². The number of phenols is 1. The first-order chi connectivity index (χ1) is 15.6. The van der Waals surface area contributed by atoms with E-state index in [4.69, 9.17) is 14.2 Å². The molecule has 5 heteroatoms. The number of carbonyl (C=O) groups excluding carboxylic acids is 1. The fourth-order valence-corrected chi connectivity index (χ4v) is 4.52. The van der Waals surface area contributed by atoms with Crippen LogP contribution in [0.1, 0.15) is 54.0 Å². The summed E-state index contributed by atoms with van der Waals surface area (Å²) in [5.41, 5.74) is 3.98. The second kappa shape index (κ2) is 8.62. The van der Waals surface area contributed by atoms with Crippen LogP contribution in [0.5, 0.6) is 17.2 Å². The molecule has 2 atom stereocenters. The molecule has 3 aromatic carbocycles. The van der Waals surface area contributed by atoms with E-state index in [-0.39, 0.29) is 18.5 Å². The third kappa shape index (κ3) is 4.24. The number of benzene rings is 3. The minimum absolute atomic E-state index is 0.179. The van der Waals surface area contributed by atoms with Gasteiger partial charge in [0, 0.05) is 5.56 Å². The number of esters is 1. The molecule has 1 N–H and O–H groups in total. The number of phenolic OH excluding ortho intramolecular Hbond substituents is 1. The first-order valence-corrected chi connectivity index (χ1v) is 11.4. The number of carbonyl (C=O) groups is 1. The maximum atomic E-state index is 12.9. The molecule has 0 fully saturated rings. The summed E-state index contributed by atoms with van der Waals surface area (Å²) >= 11 is 0. The summed E-state index contributed by atoms with van der Waals surface area (Å²) in [7, 11) is 1.65. The molecule has 3 aromatic rings. The molecule has 174 valence electrons. The Hall–Kier alpha value is -3.21. The highest BCUT2D eigenvalue weighted by atomic mass is 16.6. The quantitative estimate of drug-likeness (QED) is 0.492. The zero-order valence-corrected chi connectivity index (χ0v) is 20.2. The predicted molar refractivity (Wildman–Crippen MR) is 130 cm³/mol. The fourth-order valence-electron chi connectivity index (χ4n) is 4.52. The third-order valence-corrected chi connectivity index (χ3v) is 7.04. The number of methoxy groups -OCH3 is 1. The molecule has 0 saturated heterocycles. The molecule has 33 heavy (non-hydrogen) atoms. The van der Waals surface area contributed by atoms with Crippen molar-refractivity contribution >= 4 is 16.7 Å². The largest absolute Gasteiger partial charge is 0.507 e. The Labute approximate surface area is 195 Å². The van der Waals surface area contributed by atoms with Crippen LogP contribution in [0, 0.1) is 20.8 Å². The van der Waals surface area contributed by atoms with Crippen LogP contribution in [0.4, 0.5) is 0 Å². The molecule has 4 rings (SSSR count). The van der Waals surface area contributed by atoms with Crippen LogP contribution < -0.4 is 9.47 Å². The number of hydrogen-bond acceptors (Lipinski definition) is 5. The monoisotopic (exact) mass is 448 g/mol. The molecular formula is C28H32O5. The topological polar surface area (TPSA) is 65.0 Å². The first-order valence-electron chi connectivity index (χ1n) is 11.4. The van der Waals surface area contributed by atoms with Gasteiger partial charge < -0.3 is 19.3 Å². The van der Waals surface area contributed by atoms with Crippen molar-refractivity contribution in [1.82, 2.24) is 0 Å². The van der Waals surface area contributed by atoms with Crippen LogP contribution in [0.2, 0.25) is 0 Å². The zero-order valence-electron chi connectivity index (χ0n) is 20.2. The van der Waals surface area contributed by atoms with E-state index in [1.165, 1.54) is 0 Å². The van der Waals surface area contributed by atoms with Gasteiger partial charge in [0.25, 0.3) is 0 Å². The standard InChI is InChI=1S/C28H32O5/c1-16-17(2)26-24(19(4)25(16)29)11-12-28(5,33-26)15-32-27(30)18(3)20-7-8-22-14-23(31-6)10-9-21(22)13-20/h7-10,13-14,18,29H,11-12,15H2,1-6H3/t18-,28+/m0/s1. The number of ether oxygens (including phenoxy) is 3. The Morgan fingerprint density at radius 3 is 2.52 bits per heavy atom. The highest BCUT2D eigenvalue weighted by Gasteiger charge is 2.36. The second-order valence-electron chi connectivity index (χ2n) is 9.39. The van der Waals surface area contributed by atoms with Gasteiger partial charge in [-0.05, 0) is 92.6 Å². The van der Waals surface area contributed by atoms with Crippen molar-refractivity contribution in [3.63, 3.8) is 0 Å². The summed E-state index contributed by atoms with van der Waals surface area (Å²) in [4.78, 5) is 12.9. The van der Waals surface area contributed by atoms with Crippen LogP contribution >= 0.6 is 0 Å². The van der Waals surface area contributed by atoms with Gasteiger partial charge in [-0.1, -0.05) is 24.3 Å². The number of aromatic hydroxyl groups is 1. The summed E-state index contributed by atoms with van der Waals surface area (Å²) in [6, 6.07) is 11.9. The lowest BCUT2D eigenvalue weighted by atomic mass is 9.87. The minimum atomic E-state index is -0.608. The molecule has 0 unspecified atom stereocenters. The van der Waals surface area contributed by atoms with E-state index in [1.807, 2.05) is 71.0 Å². The summed E-state index contributed by atoms with van der Waals surface area (Å²) in [6.07, 6.45) is 1.48. The van der Waals surface area contributed by atoms with Crippen molar-refractivity contribution < 1.29 is 24.1 Å². The van der Waals surface area contributed by atoms with Gasteiger partial charge in [0.15, 0.2) is 0 Å². The minimum Gasteiger partial charge on any atom is -0.507 e. The summed E-state index contributed by atoms with van der Waals surface area (Å²) in [6.45, 7) is 9.81. The van der Waals surface area contributed by atoms with E-state index >= 15 is 0 Å². The molecule has 0 aromatic heterocycles. The molecule has 1 heterocycles. The van der Waals surface area contributed by atoms with Gasteiger partial charge in [0.05, 0.1) is 13.0 Å². The summed E-state index contributed by atoms with van der Waals surface area (Å²) in [5.74, 6) is 1.30. The van der Waals surface area contributed by atoms with Gasteiger partial charge in [-0.3, -0.25) is 4.79 Å². The lowest BCUT2D eigenvalue weighted by Crippen LogP contribution is -2.42. The molecule has 0 amide bonds. The summed E-state index contributed by atoms with van der Waals surface area (Å²) in [5, 5.41) is 12.5. The summed E-state index contributed by atoms with van der Waals surface area (Å²) < 4.78 is 17.4. The highest BCUT2D eigenvalue weighted by molar-refractivity contribution is 5.86. The molecule has 0 aliphatic carbocycles. The molecule has 0 radical (unpaired) electrons. The lowest BCUT2D eigenvalue weighted by Gasteiger charge is -2.37. The molecule has 0 saturated carbocycles. The van der Waals surface area contributed by atoms with Crippen molar-refractivity contribution in [2.24, 2.45) is 0 Å². The Bertz CT molecular complexity index is 1230. The van der Waals surface area contributed by atoms with Crippen molar-refractivity contribution in [2.75, 3.05) is 13.7 Å². The van der Waals surface area contributed by atoms with Gasteiger partial charge in [-0.25, -0.2) is 0 Å². The van der Waals surface area contributed by atoms with E-state index in [9.17, 15) is 9.90 Å². The van der Waals surface area contributed by atoms with Crippen molar-refractivity contribution in [3.05, 3.63) is 64.2 Å². The Balaban J connectivity index is 1.47. The van der Waals surface area contributed by atoms with Crippen LogP contribution in [0.15, 0.2) is 36.4 Å². The van der Waals surface area contributed by atoms with Gasteiger partial charge >= 0.3 is 5.97 Å². The SMILES string of the molecule is COc1ccc2cc([C@H](C)C(=O)OC[C@@]3(C)CCc4c(C)c(O)c(C)c(C)c4O3)ccc2c1. The van der Waals surface area contributed by atoms with Crippen molar-refractivity contribution in [3.8, 4) is 17.2 Å².